The maximum atomic E-state index is 12.7. The van der Waals surface area contributed by atoms with Gasteiger partial charge in [0.25, 0.3) is 5.91 Å². The molecule has 0 radical (unpaired) electrons. The second kappa shape index (κ2) is 8.52. The first-order valence-corrected chi connectivity index (χ1v) is 11.0. The van der Waals surface area contributed by atoms with Crippen LogP contribution in [0.25, 0.3) is 33.1 Å². The van der Waals surface area contributed by atoms with Crippen LogP contribution in [0.1, 0.15) is 0 Å². The number of hydrazine groups is 1. The van der Waals surface area contributed by atoms with Gasteiger partial charge in [0.2, 0.25) is 0 Å². The standard InChI is InChI=1S/C23H17BrN6OS/c24-14-9-11-15(12-10-14)25-23(32)29-28-20(31)13-30-19-8-4-1-5-16(19)21-22(30)27-18-7-3-2-6-17(18)26-21/h1-12H,13H2,(H,28,31)(H2,25,29,32). The highest BCUT2D eigenvalue weighted by Crippen LogP contribution is 2.28. The van der Waals surface area contributed by atoms with Crippen molar-refractivity contribution in [3.63, 3.8) is 0 Å². The number of amides is 1. The Bertz CT molecular complexity index is 1480. The second-order valence-electron chi connectivity index (χ2n) is 7.12. The molecule has 1 amide bonds. The van der Waals surface area contributed by atoms with E-state index >= 15 is 0 Å². The lowest BCUT2D eigenvalue weighted by molar-refractivity contribution is -0.122. The minimum atomic E-state index is -0.262. The molecule has 32 heavy (non-hydrogen) atoms. The van der Waals surface area contributed by atoms with Crippen molar-refractivity contribution in [2.75, 3.05) is 5.32 Å². The molecule has 2 aromatic heterocycles. The first kappa shape index (κ1) is 20.3. The summed E-state index contributed by atoms with van der Waals surface area (Å²) in [7, 11) is 0. The minimum absolute atomic E-state index is 0.0604. The number of thiocarbonyl (C=S) groups is 1. The third-order valence-corrected chi connectivity index (χ3v) is 5.71. The summed E-state index contributed by atoms with van der Waals surface area (Å²) in [5, 5.41) is 4.26. The summed E-state index contributed by atoms with van der Waals surface area (Å²) in [6, 6.07) is 23.1. The second-order valence-corrected chi connectivity index (χ2v) is 8.45. The lowest BCUT2D eigenvalue weighted by Gasteiger charge is -2.12. The van der Waals surface area contributed by atoms with E-state index in [0.717, 1.165) is 37.6 Å². The highest BCUT2D eigenvalue weighted by atomic mass is 79.9. The normalized spacial score (nSPS) is 11.0. The molecule has 158 valence electrons. The molecule has 0 unspecified atom stereocenters. The van der Waals surface area contributed by atoms with Gasteiger partial charge in [0, 0.05) is 15.5 Å². The highest BCUT2D eigenvalue weighted by molar-refractivity contribution is 9.10. The topological polar surface area (TPSA) is 83.9 Å². The van der Waals surface area contributed by atoms with E-state index in [1.54, 1.807) is 0 Å². The van der Waals surface area contributed by atoms with Gasteiger partial charge in [-0.2, -0.15) is 0 Å². The number of rotatable bonds is 3. The van der Waals surface area contributed by atoms with Crippen LogP contribution in [0, 0.1) is 0 Å². The number of fused-ring (bicyclic) bond motifs is 4. The number of carbonyl (C=O) groups excluding carboxylic acids is 1. The molecule has 0 fully saturated rings. The molecule has 0 aliphatic heterocycles. The Balaban J connectivity index is 1.38. The summed E-state index contributed by atoms with van der Waals surface area (Å²) in [5.74, 6) is -0.262. The van der Waals surface area contributed by atoms with Crippen molar-refractivity contribution in [1.29, 1.82) is 0 Å². The molecular formula is C23H17BrN6OS. The number of halogens is 1. The number of hydrogen-bond acceptors (Lipinski definition) is 4. The molecule has 5 aromatic rings. The molecule has 0 saturated heterocycles. The van der Waals surface area contributed by atoms with Gasteiger partial charge in [-0.3, -0.25) is 15.6 Å². The Morgan fingerprint density at radius 1 is 0.906 bits per heavy atom. The van der Waals surface area contributed by atoms with Gasteiger partial charge in [-0.1, -0.05) is 46.3 Å². The Morgan fingerprint density at radius 3 is 2.38 bits per heavy atom. The monoisotopic (exact) mass is 504 g/mol. The number of benzene rings is 3. The zero-order chi connectivity index (χ0) is 22.1. The summed E-state index contributed by atoms with van der Waals surface area (Å²) in [6.07, 6.45) is 0. The largest absolute Gasteiger partial charge is 0.331 e. The quantitative estimate of drug-likeness (QED) is 0.247. The van der Waals surface area contributed by atoms with Gasteiger partial charge < -0.3 is 9.88 Å². The van der Waals surface area contributed by atoms with Gasteiger partial charge in [0.1, 0.15) is 12.1 Å². The van der Waals surface area contributed by atoms with Crippen molar-refractivity contribution in [3.8, 4) is 0 Å². The van der Waals surface area contributed by atoms with E-state index in [1.807, 2.05) is 77.4 Å². The van der Waals surface area contributed by atoms with E-state index in [1.165, 1.54) is 0 Å². The summed E-state index contributed by atoms with van der Waals surface area (Å²) in [6.45, 7) is 0.0604. The number of carbonyl (C=O) groups is 1. The fourth-order valence-corrected chi connectivity index (χ4v) is 3.98. The SMILES string of the molecule is O=C(Cn1c2ccccc2c2nc3ccccc3nc21)NNC(=S)Nc1ccc(Br)cc1. The van der Waals surface area contributed by atoms with Crippen LogP contribution in [0.2, 0.25) is 0 Å². The van der Waals surface area contributed by atoms with Gasteiger partial charge in [-0.25, -0.2) is 9.97 Å². The van der Waals surface area contributed by atoms with E-state index in [-0.39, 0.29) is 17.6 Å². The number of nitrogens with one attached hydrogen (secondary N) is 3. The first-order chi connectivity index (χ1) is 15.6. The first-order valence-electron chi connectivity index (χ1n) is 9.83. The average molecular weight is 505 g/mol. The Labute approximate surface area is 196 Å². The average Bonchev–Trinajstić information content (AvgIpc) is 3.10. The fraction of sp³-hybridized carbons (Fsp3) is 0.0435. The smallest absolute Gasteiger partial charge is 0.258 e. The zero-order valence-electron chi connectivity index (χ0n) is 16.7. The highest BCUT2D eigenvalue weighted by Gasteiger charge is 2.16. The van der Waals surface area contributed by atoms with Crippen LogP contribution in [0.15, 0.2) is 77.3 Å². The third kappa shape index (κ3) is 4.00. The molecule has 3 N–H and O–H groups in total. The molecule has 5 rings (SSSR count). The maximum absolute atomic E-state index is 12.7. The molecule has 0 saturated carbocycles. The summed E-state index contributed by atoms with van der Waals surface area (Å²) in [5.41, 5.74) is 10.1. The lowest BCUT2D eigenvalue weighted by atomic mass is 10.2. The van der Waals surface area contributed by atoms with Gasteiger partial charge in [0.15, 0.2) is 10.8 Å². The number of aromatic nitrogens is 3. The number of nitrogens with zero attached hydrogens (tertiary/aromatic N) is 3. The molecule has 7 nitrogen and oxygen atoms in total. The minimum Gasteiger partial charge on any atom is -0.331 e. The van der Waals surface area contributed by atoms with E-state index < -0.39 is 0 Å². The van der Waals surface area contributed by atoms with Crippen LogP contribution < -0.4 is 16.2 Å². The number of anilines is 1. The van der Waals surface area contributed by atoms with Crippen LogP contribution in [0.5, 0.6) is 0 Å². The fourth-order valence-electron chi connectivity index (χ4n) is 3.55. The summed E-state index contributed by atoms with van der Waals surface area (Å²) >= 11 is 8.66. The molecule has 0 atom stereocenters. The molecule has 0 bridgehead atoms. The Hall–Kier alpha value is -3.56. The van der Waals surface area contributed by atoms with Crippen molar-refractivity contribution < 1.29 is 4.79 Å². The molecule has 0 aliphatic rings. The van der Waals surface area contributed by atoms with E-state index in [2.05, 4.69) is 32.1 Å². The van der Waals surface area contributed by atoms with Gasteiger partial charge in [-0.15, -0.1) is 0 Å². The van der Waals surface area contributed by atoms with Gasteiger partial charge in [0.05, 0.1) is 16.6 Å². The number of para-hydroxylation sites is 3. The number of hydrogen-bond donors (Lipinski definition) is 3. The summed E-state index contributed by atoms with van der Waals surface area (Å²) in [4.78, 5) is 22.3. The van der Waals surface area contributed by atoms with Crippen LogP contribution in [0.3, 0.4) is 0 Å². The molecule has 3 aromatic carbocycles. The van der Waals surface area contributed by atoms with Crippen molar-refractivity contribution in [2.45, 2.75) is 6.54 Å². The Morgan fingerprint density at radius 2 is 1.59 bits per heavy atom. The van der Waals surface area contributed by atoms with Gasteiger partial charge in [-0.05, 0) is 54.7 Å². The lowest BCUT2D eigenvalue weighted by Crippen LogP contribution is -2.45. The van der Waals surface area contributed by atoms with Crippen LogP contribution in [0.4, 0.5) is 5.69 Å². The van der Waals surface area contributed by atoms with E-state index in [9.17, 15) is 4.79 Å². The predicted octanol–water partition coefficient (Wildman–Crippen LogP) is 4.52. The van der Waals surface area contributed by atoms with Crippen molar-refractivity contribution in [3.05, 3.63) is 77.3 Å². The van der Waals surface area contributed by atoms with Crippen LogP contribution >= 0.6 is 28.1 Å². The molecule has 0 spiro atoms. The molecule has 2 heterocycles. The van der Waals surface area contributed by atoms with E-state index in [0.29, 0.717) is 5.65 Å². The van der Waals surface area contributed by atoms with Gasteiger partial charge >= 0.3 is 0 Å². The molecule has 9 heteroatoms. The molecule has 0 aliphatic carbocycles. The van der Waals surface area contributed by atoms with Crippen molar-refractivity contribution in [2.24, 2.45) is 0 Å². The molecular weight excluding hydrogens is 488 g/mol. The Kier molecular flexibility index (Phi) is 5.42. The third-order valence-electron chi connectivity index (χ3n) is 4.98. The predicted molar refractivity (Wildman–Crippen MR) is 134 cm³/mol. The van der Waals surface area contributed by atoms with Crippen LogP contribution in [-0.4, -0.2) is 25.6 Å². The van der Waals surface area contributed by atoms with Crippen molar-refractivity contribution in [1.82, 2.24) is 25.4 Å². The maximum Gasteiger partial charge on any atom is 0.258 e. The summed E-state index contributed by atoms with van der Waals surface area (Å²) < 4.78 is 2.84. The van der Waals surface area contributed by atoms with Crippen molar-refractivity contribution >= 4 is 78.0 Å². The zero-order valence-corrected chi connectivity index (χ0v) is 19.1. The van der Waals surface area contributed by atoms with Crippen LogP contribution in [-0.2, 0) is 11.3 Å². The van der Waals surface area contributed by atoms with E-state index in [4.69, 9.17) is 22.2 Å².